The Morgan fingerprint density at radius 1 is 1.12 bits per heavy atom. The van der Waals surface area contributed by atoms with Gasteiger partial charge in [-0.3, -0.25) is 4.79 Å². The molecular weight excluding hydrogens is 334 g/mol. The third kappa shape index (κ3) is 3.94. The van der Waals surface area contributed by atoms with E-state index < -0.39 is 6.10 Å². The summed E-state index contributed by atoms with van der Waals surface area (Å²) in [6, 6.07) is 19.2. The molecule has 3 rings (SSSR count). The zero-order valence-electron chi connectivity index (χ0n) is 14.3. The summed E-state index contributed by atoms with van der Waals surface area (Å²) in [6.45, 7) is 3.85. The van der Waals surface area contributed by atoms with Gasteiger partial charge in [-0.1, -0.05) is 54.9 Å². The molecule has 0 spiro atoms. The number of hydrogen-bond donors (Lipinski definition) is 1. The zero-order valence-corrected chi connectivity index (χ0v) is 15.0. The van der Waals surface area contributed by atoms with Gasteiger partial charge in [-0.25, -0.2) is 0 Å². The Morgan fingerprint density at radius 2 is 1.88 bits per heavy atom. The number of halogens is 1. The minimum atomic E-state index is -0.569. The molecule has 3 nitrogen and oxygen atoms in total. The van der Waals surface area contributed by atoms with Crippen molar-refractivity contribution in [1.82, 2.24) is 0 Å². The van der Waals surface area contributed by atoms with E-state index in [4.69, 9.17) is 16.3 Å². The number of aryl methyl sites for hydroxylation is 1. The van der Waals surface area contributed by atoms with Gasteiger partial charge in [0.2, 0.25) is 0 Å². The molecule has 0 fully saturated rings. The highest BCUT2D eigenvalue weighted by Gasteiger charge is 2.20. The predicted molar refractivity (Wildman–Crippen MR) is 103 cm³/mol. The monoisotopic (exact) mass is 353 g/mol. The average Bonchev–Trinajstić information content (AvgIpc) is 2.62. The molecule has 0 saturated heterocycles. The molecule has 3 aromatic carbocycles. The Kier molecular flexibility index (Phi) is 5.25. The molecule has 4 heteroatoms. The second-order valence-electron chi connectivity index (χ2n) is 5.94. The van der Waals surface area contributed by atoms with Gasteiger partial charge in [0, 0.05) is 16.1 Å². The lowest BCUT2D eigenvalue weighted by Gasteiger charge is -2.19. The number of benzene rings is 3. The van der Waals surface area contributed by atoms with E-state index in [1.807, 2.05) is 62.4 Å². The fourth-order valence-electron chi connectivity index (χ4n) is 2.75. The number of amides is 1. The van der Waals surface area contributed by atoms with Gasteiger partial charge in [-0.2, -0.15) is 0 Å². The van der Waals surface area contributed by atoms with E-state index in [9.17, 15) is 4.79 Å². The molecule has 128 valence electrons. The van der Waals surface area contributed by atoms with Gasteiger partial charge >= 0.3 is 0 Å². The largest absolute Gasteiger partial charge is 0.480 e. The standard InChI is InChI=1S/C21H20ClNO2/c1-3-19(21(24)23-18-12-11-16(22)13-14(18)2)25-20-10-6-8-15-7-4-5-9-17(15)20/h4-13,19H,3H2,1-2H3,(H,23,24)/t19-/m0/s1. The van der Waals surface area contributed by atoms with E-state index in [0.29, 0.717) is 17.2 Å². The smallest absolute Gasteiger partial charge is 0.265 e. The summed E-state index contributed by atoms with van der Waals surface area (Å²) < 4.78 is 6.04. The van der Waals surface area contributed by atoms with Crippen LogP contribution in [0.4, 0.5) is 5.69 Å². The number of ether oxygens (including phenoxy) is 1. The topological polar surface area (TPSA) is 38.3 Å². The van der Waals surface area contributed by atoms with Crippen molar-refractivity contribution in [2.45, 2.75) is 26.4 Å². The number of fused-ring (bicyclic) bond motifs is 1. The van der Waals surface area contributed by atoms with Crippen molar-refractivity contribution in [3.63, 3.8) is 0 Å². The van der Waals surface area contributed by atoms with Crippen LogP contribution in [0.5, 0.6) is 5.75 Å². The summed E-state index contributed by atoms with van der Waals surface area (Å²) in [7, 11) is 0. The van der Waals surface area contributed by atoms with Crippen molar-refractivity contribution in [2.24, 2.45) is 0 Å². The maximum Gasteiger partial charge on any atom is 0.265 e. The molecule has 0 aliphatic rings. The molecule has 1 atom stereocenters. The summed E-state index contributed by atoms with van der Waals surface area (Å²) in [4.78, 5) is 12.7. The Balaban J connectivity index is 1.80. The first kappa shape index (κ1) is 17.3. The third-order valence-corrected chi connectivity index (χ3v) is 4.36. The lowest BCUT2D eigenvalue weighted by molar-refractivity contribution is -0.122. The molecule has 0 radical (unpaired) electrons. The summed E-state index contributed by atoms with van der Waals surface area (Å²) >= 11 is 5.97. The van der Waals surface area contributed by atoms with E-state index >= 15 is 0 Å². The maximum absolute atomic E-state index is 12.7. The van der Waals surface area contributed by atoms with Gasteiger partial charge in [0.1, 0.15) is 5.75 Å². The minimum Gasteiger partial charge on any atom is -0.480 e. The van der Waals surface area contributed by atoms with Gasteiger partial charge in [-0.05, 0) is 48.6 Å². The van der Waals surface area contributed by atoms with Crippen LogP contribution in [0, 0.1) is 6.92 Å². The first-order chi connectivity index (χ1) is 12.1. The van der Waals surface area contributed by atoms with Crippen LogP contribution in [-0.4, -0.2) is 12.0 Å². The van der Waals surface area contributed by atoms with Gasteiger partial charge < -0.3 is 10.1 Å². The molecule has 0 saturated carbocycles. The van der Waals surface area contributed by atoms with E-state index in [-0.39, 0.29) is 5.91 Å². The van der Waals surface area contributed by atoms with E-state index in [1.165, 1.54) is 0 Å². The van der Waals surface area contributed by atoms with E-state index in [2.05, 4.69) is 5.32 Å². The molecule has 1 amide bonds. The highest BCUT2D eigenvalue weighted by atomic mass is 35.5. The fourth-order valence-corrected chi connectivity index (χ4v) is 2.98. The van der Waals surface area contributed by atoms with Crippen LogP contribution in [0.1, 0.15) is 18.9 Å². The van der Waals surface area contributed by atoms with E-state index in [1.54, 1.807) is 12.1 Å². The van der Waals surface area contributed by atoms with Crippen molar-refractivity contribution in [3.05, 3.63) is 71.2 Å². The van der Waals surface area contributed by atoms with E-state index in [0.717, 1.165) is 22.0 Å². The fraction of sp³-hybridized carbons (Fsp3) is 0.190. The second-order valence-corrected chi connectivity index (χ2v) is 6.38. The normalized spacial score (nSPS) is 12.0. The average molecular weight is 354 g/mol. The van der Waals surface area contributed by atoms with Crippen LogP contribution in [-0.2, 0) is 4.79 Å². The highest BCUT2D eigenvalue weighted by Crippen LogP contribution is 2.27. The Bertz CT molecular complexity index is 902. The number of anilines is 1. The molecule has 0 bridgehead atoms. The molecule has 1 N–H and O–H groups in total. The Morgan fingerprint density at radius 3 is 2.64 bits per heavy atom. The summed E-state index contributed by atoms with van der Waals surface area (Å²) in [5.74, 6) is 0.550. The number of rotatable bonds is 5. The first-order valence-electron chi connectivity index (χ1n) is 8.30. The third-order valence-electron chi connectivity index (χ3n) is 4.13. The van der Waals surface area contributed by atoms with Crippen LogP contribution in [0.25, 0.3) is 10.8 Å². The maximum atomic E-state index is 12.7. The summed E-state index contributed by atoms with van der Waals surface area (Å²) in [6.07, 6.45) is 0.00250. The van der Waals surface area contributed by atoms with Gasteiger partial charge in [-0.15, -0.1) is 0 Å². The predicted octanol–water partition coefficient (Wildman–Crippen LogP) is 5.60. The Labute approximate surface area is 152 Å². The lowest BCUT2D eigenvalue weighted by Crippen LogP contribution is -2.32. The summed E-state index contributed by atoms with van der Waals surface area (Å²) in [5, 5.41) is 5.67. The van der Waals surface area contributed by atoms with Crippen molar-refractivity contribution in [1.29, 1.82) is 0 Å². The van der Waals surface area contributed by atoms with Gasteiger partial charge in [0.05, 0.1) is 0 Å². The number of carbonyl (C=O) groups excluding carboxylic acids is 1. The molecule has 0 aromatic heterocycles. The van der Waals surface area contributed by atoms with Crippen molar-refractivity contribution < 1.29 is 9.53 Å². The zero-order chi connectivity index (χ0) is 17.8. The van der Waals surface area contributed by atoms with Crippen LogP contribution in [0.2, 0.25) is 5.02 Å². The number of nitrogens with one attached hydrogen (secondary N) is 1. The number of carbonyl (C=O) groups is 1. The highest BCUT2D eigenvalue weighted by molar-refractivity contribution is 6.30. The Hall–Kier alpha value is -2.52. The van der Waals surface area contributed by atoms with Crippen molar-refractivity contribution in [3.8, 4) is 5.75 Å². The van der Waals surface area contributed by atoms with Crippen LogP contribution in [0.3, 0.4) is 0 Å². The molecule has 0 aliphatic heterocycles. The number of hydrogen-bond acceptors (Lipinski definition) is 2. The first-order valence-corrected chi connectivity index (χ1v) is 8.67. The van der Waals surface area contributed by atoms with Crippen LogP contribution < -0.4 is 10.1 Å². The summed E-state index contributed by atoms with van der Waals surface area (Å²) in [5.41, 5.74) is 1.66. The van der Waals surface area contributed by atoms with Crippen molar-refractivity contribution in [2.75, 3.05) is 5.32 Å². The minimum absolute atomic E-state index is 0.166. The molecular formula is C21H20ClNO2. The van der Waals surface area contributed by atoms with Crippen molar-refractivity contribution >= 4 is 34.0 Å². The quantitative estimate of drug-likeness (QED) is 0.648. The van der Waals surface area contributed by atoms with Crippen LogP contribution >= 0.6 is 11.6 Å². The lowest BCUT2D eigenvalue weighted by atomic mass is 10.1. The molecule has 0 heterocycles. The molecule has 3 aromatic rings. The molecule has 0 unspecified atom stereocenters. The second kappa shape index (κ2) is 7.58. The van der Waals surface area contributed by atoms with Gasteiger partial charge in [0.25, 0.3) is 5.91 Å². The molecule has 0 aliphatic carbocycles. The van der Waals surface area contributed by atoms with Gasteiger partial charge in [0.15, 0.2) is 6.10 Å². The van der Waals surface area contributed by atoms with Crippen LogP contribution in [0.15, 0.2) is 60.7 Å². The molecule has 25 heavy (non-hydrogen) atoms. The SMILES string of the molecule is CC[C@H](Oc1cccc2ccccc12)C(=O)Nc1ccc(Cl)cc1C.